The summed E-state index contributed by atoms with van der Waals surface area (Å²) in [6.45, 7) is 0. The van der Waals surface area contributed by atoms with Crippen LogP contribution in [0, 0.1) is 0 Å². The number of nitrogens with one attached hydrogen (secondary N) is 1. The zero-order valence-electron chi connectivity index (χ0n) is 13.4. The molecule has 126 valence electrons. The molecule has 0 unspecified atom stereocenters. The van der Waals surface area contributed by atoms with Crippen molar-refractivity contribution in [2.45, 2.75) is 44.1 Å². The van der Waals surface area contributed by atoms with E-state index in [1.54, 1.807) is 10.9 Å². The maximum atomic E-state index is 12.2. The molecule has 1 heterocycles. The SMILES string of the molecule is O=C(O)CC1(NC(=O)CCc2cnn(-c3ccccc3)c2)CCC1. The smallest absolute Gasteiger partial charge is 0.305 e. The number of aliphatic carboxylic acids is 1. The lowest BCUT2D eigenvalue weighted by Crippen LogP contribution is -2.54. The van der Waals surface area contributed by atoms with Gasteiger partial charge in [0.1, 0.15) is 0 Å². The van der Waals surface area contributed by atoms with Gasteiger partial charge in [-0.3, -0.25) is 9.59 Å². The van der Waals surface area contributed by atoms with Gasteiger partial charge in [-0.2, -0.15) is 5.10 Å². The zero-order chi connectivity index (χ0) is 17.0. The van der Waals surface area contributed by atoms with E-state index in [9.17, 15) is 9.59 Å². The molecular formula is C18H21N3O3. The number of hydrogen-bond acceptors (Lipinski definition) is 3. The maximum Gasteiger partial charge on any atom is 0.305 e. The molecule has 24 heavy (non-hydrogen) atoms. The van der Waals surface area contributed by atoms with E-state index < -0.39 is 11.5 Å². The average Bonchev–Trinajstić information content (AvgIpc) is 3.00. The Bertz CT molecular complexity index is 720. The fraction of sp³-hybridized carbons (Fsp3) is 0.389. The van der Waals surface area contributed by atoms with Gasteiger partial charge in [0.2, 0.25) is 5.91 Å². The minimum absolute atomic E-state index is 0.00464. The summed E-state index contributed by atoms with van der Waals surface area (Å²) in [5.74, 6) is -0.956. The molecule has 3 rings (SSSR count). The largest absolute Gasteiger partial charge is 0.481 e. The topological polar surface area (TPSA) is 84.2 Å². The summed E-state index contributed by atoms with van der Waals surface area (Å²) >= 11 is 0. The number of carboxylic acid groups (broad SMARTS) is 1. The molecule has 6 heteroatoms. The summed E-state index contributed by atoms with van der Waals surface area (Å²) < 4.78 is 1.78. The summed E-state index contributed by atoms with van der Waals surface area (Å²) in [6, 6.07) is 9.78. The predicted octanol–water partition coefficient (Wildman–Crippen LogP) is 2.32. The van der Waals surface area contributed by atoms with Gasteiger partial charge in [-0.1, -0.05) is 18.2 Å². The fourth-order valence-electron chi connectivity index (χ4n) is 3.07. The van der Waals surface area contributed by atoms with Crippen LogP contribution >= 0.6 is 0 Å². The van der Waals surface area contributed by atoms with Crippen LogP contribution in [0.25, 0.3) is 5.69 Å². The van der Waals surface area contributed by atoms with Crippen LogP contribution in [0.4, 0.5) is 0 Å². The molecule has 1 amide bonds. The lowest BCUT2D eigenvalue weighted by molar-refractivity contribution is -0.140. The Kier molecular flexibility index (Phi) is 4.64. The van der Waals surface area contributed by atoms with Crippen molar-refractivity contribution < 1.29 is 14.7 Å². The first-order chi connectivity index (χ1) is 11.6. The normalized spacial score (nSPS) is 15.5. The standard InChI is InChI=1S/C18H21N3O3/c22-16(20-18(9-4-10-18)11-17(23)24)8-7-14-12-19-21(13-14)15-5-2-1-3-6-15/h1-3,5-6,12-13H,4,7-11H2,(H,20,22)(H,23,24). The minimum atomic E-state index is -0.862. The van der Waals surface area contributed by atoms with Gasteiger partial charge in [-0.15, -0.1) is 0 Å². The second kappa shape index (κ2) is 6.86. The Morgan fingerprint density at radius 3 is 2.62 bits per heavy atom. The van der Waals surface area contributed by atoms with Gasteiger partial charge in [0.05, 0.1) is 23.8 Å². The van der Waals surface area contributed by atoms with Gasteiger partial charge in [0.15, 0.2) is 0 Å². The maximum absolute atomic E-state index is 12.2. The molecule has 0 saturated heterocycles. The van der Waals surface area contributed by atoms with E-state index in [-0.39, 0.29) is 12.3 Å². The molecule has 1 aliphatic carbocycles. The Morgan fingerprint density at radius 1 is 1.25 bits per heavy atom. The Morgan fingerprint density at radius 2 is 2.00 bits per heavy atom. The van der Waals surface area contributed by atoms with Crippen LogP contribution in [0.3, 0.4) is 0 Å². The van der Waals surface area contributed by atoms with Crippen LogP contribution in [0.1, 0.15) is 37.7 Å². The van der Waals surface area contributed by atoms with Gasteiger partial charge in [0.25, 0.3) is 0 Å². The molecule has 0 bridgehead atoms. The van der Waals surface area contributed by atoms with Gasteiger partial charge in [0, 0.05) is 12.6 Å². The molecule has 0 aliphatic heterocycles. The molecule has 0 radical (unpaired) electrons. The van der Waals surface area contributed by atoms with Crippen molar-refractivity contribution in [2.24, 2.45) is 0 Å². The van der Waals surface area contributed by atoms with Gasteiger partial charge >= 0.3 is 5.97 Å². The highest BCUT2D eigenvalue weighted by Gasteiger charge is 2.40. The van der Waals surface area contributed by atoms with Gasteiger partial charge < -0.3 is 10.4 Å². The van der Waals surface area contributed by atoms with Crippen LogP contribution in [0.5, 0.6) is 0 Å². The van der Waals surface area contributed by atoms with Crippen molar-refractivity contribution >= 4 is 11.9 Å². The summed E-state index contributed by atoms with van der Waals surface area (Å²) in [4.78, 5) is 23.1. The van der Waals surface area contributed by atoms with Crippen molar-refractivity contribution in [1.82, 2.24) is 15.1 Å². The summed E-state index contributed by atoms with van der Waals surface area (Å²) in [6.07, 6.45) is 7.06. The summed E-state index contributed by atoms with van der Waals surface area (Å²) in [5.41, 5.74) is 1.43. The molecule has 2 aromatic rings. The Hall–Kier alpha value is -2.63. The third-order valence-corrected chi connectivity index (χ3v) is 4.50. The number of amides is 1. The zero-order valence-corrected chi connectivity index (χ0v) is 13.4. The first kappa shape index (κ1) is 16.2. The lowest BCUT2D eigenvalue weighted by atomic mass is 9.74. The van der Waals surface area contributed by atoms with Crippen molar-refractivity contribution in [3.05, 3.63) is 48.3 Å². The number of carbonyl (C=O) groups is 2. The third kappa shape index (κ3) is 3.82. The molecule has 0 spiro atoms. The number of carbonyl (C=O) groups excluding carboxylic acids is 1. The minimum Gasteiger partial charge on any atom is -0.481 e. The number of carboxylic acids is 1. The van der Waals surface area contributed by atoms with E-state index in [2.05, 4.69) is 10.4 Å². The molecule has 0 atom stereocenters. The third-order valence-electron chi connectivity index (χ3n) is 4.50. The molecular weight excluding hydrogens is 306 g/mol. The Labute approximate surface area is 140 Å². The van der Waals surface area contributed by atoms with Gasteiger partial charge in [-0.25, -0.2) is 4.68 Å². The van der Waals surface area contributed by atoms with Crippen molar-refractivity contribution in [1.29, 1.82) is 0 Å². The number of para-hydroxylation sites is 1. The highest BCUT2D eigenvalue weighted by Crippen LogP contribution is 2.35. The average molecular weight is 327 g/mol. The van der Waals surface area contributed by atoms with Crippen molar-refractivity contribution in [2.75, 3.05) is 0 Å². The molecule has 6 nitrogen and oxygen atoms in total. The second-order valence-electron chi connectivity index (χ2n) is 6.38. The predicted molar refractivity (Wildman–Crippen MR) is 88.9 cm³/mol. The van der Waals surface area contributed by atoms with Crippen LogP contribution in [-0.2, 0) is 16.0 Å². The van der Waals surface area contributed by atoms with Crippen molar-refractivity contribution in [3.63, 3.8) is 0 Å². The first-order valence-electron chi connectivity index (χ1n) is 8.18. The van der Waals surface area contributed by atoms with Crippen molar-refractivity contribution in [3.8, 4) is 5.69 Å². The Balaban J connectivity index is 1.53. The molecule has 1 fully saturated rings. The van der Waals surface area contributed by atoms with Gasteiger partial charge in [-0.05, 0) is 43.4 Å². The van der Waals surface area contributed by atoms with Crippen LogP contribution in [0.15, 0.2) is 42.7 Å². The summed E-state index contributed by atoms with van der Waals surface area (Å²) in [7, 11) is 0. The van der Waals surface area contributed by atoms with Crippen LogP contribution in [0.2, 0.25) is 0 Å². The number of hydrogen-bond donors (Lipinski definition) is 2. The number of aryl methyl sites for hydroxylation is 1. The lowest BCUT2D eigenvalue weighted by Gasteiger charge is -2.41. The van der Waals surface area contributed by atoms with Crippen LogP contribution < -0.4 is 5.32 Å². The van der Waals surface area contributed by atoms with E-state index in [0.29, 0.717) is 12.8 Å². The molecule has 1 aromatic heterocycles. The van der Waals surface area contributed by atoms with Crippen LogP contribution in [-0.4, -0.2) is 32.3 Å². The van der Waals surface area contributed by atoms with E-state index in [1.165, 1.54) is 0 Å². The van der Waals surface area contributed by atoms with E-state index >= 15 is 0 Å². The molecule has 1 aromatic carbocycles. The van der Waals surface area contributed by atoms with E-state index in [4.69, 9.17) is 5.11 Å². The number of rotatable bonds is 7. The fourth-order valence-corrected chi connectivity index (χ4v) is 3.07. The number of aromatic nitrogens is 2. The van der Waals surface area contributed by atoms with E-state index in [1.807, 2.05) is 36.5 Å². The molecule has 1 aliphatic rings. The summed E-state index contributed by atoms with van der Waals surface area (Å²) in [5, 5.41) is 16.2. The highest BCUT2D eigenvalue weighted by atomic mass is 16.4. The first-order valence-corrected chi connectivity index (χ1v) is 8.18. The molecule has 1 saturated carbocycles. The number of nitrogens with zero attached hydrogens (tertiary/aromatic N) is 2. The van der Waals surface area contributed by atoms with E-state index in [0.717, 1.165) is 30.5 Å². The number of benzene rings is 1. The molecule has 2 N–H and O–H groups in total. The second-order valence-corrected chi connectivity index (χ2v) is 6.38. The highest BCUT2D eigenvalue weighted by molar-refractivity contribution is 5.78. The quantitative estimate of drug-likeness (QED) is 0.817. The monoisotopic (exact) mass is 327 g/mol.